The van der Waals surface area contributed by atoms with Gasteiger partial charge in [0.15, 0.2) is 0 Å². The number of benzene rings is 3. The topological polar surface area (TPSA) is 88.6 Å². The fourth-order valence-corrected chi connectivity index (χ4v) is 3.88. The number of nitrogens with one attached hydrogen (secondary N) is 4. The molecule has 31 heavy (non-hydrogen) atoms. The maximum atomic E-state index is 8.88. The van der Waals surface area contributed by atoms with Crippen LogP contribution in [0.5, 0.6) is 0 Å². The van der Waals surface area contributed by atoms with E-state index in [4.69, 9.17) is 10.2 Å². The minimum absolute atomic E-state index is 0. The van der Waals surface area contributed by atoms with Crippen molar-refractivity contribution in [2.75, 3.05) is 52.5 Å². The van der Waals surface area contributed by atoms with Gasteiger partial charge >= 0.3 is 0 Å². The minimum atomic E-state index is 0. The van der Waals surface area contributed by atoms with Crippen LogP contribution in [0.4, 0.5) is 0 Å². The smallest absolute Gasteiger partial charge is 0.0555 e. The first kappa shape index (κ1) is 25.5. The summed E-state index contributed by atoms with van der Waals surface area (Å²) < 4.78 is 0. The Hall–Kier alpha value is -1.77. The zero-order valence-corrected chi connectivity index (χ0v) is 18.8. The van der Waals surface area contributed by atoms with Crippen LogP contribution in [0.2, 0.25) is 0 Å². The molecule has 0 spiro atoms. The number of aliphatic hydroxyl groups excluding tert-OH is 2. The first-order valence-electron chi connectivity index (χ1n) is 10.8. The van der Waals surface area contributed by atoms with Gasteiger partial charge in [0.25, 0.3) is 0 Å². The number of halogens is 1. The largest absolute Gasteiger partial charge is 0.395 e. The van der Waals surface area contributed by atoms with Gasteiger partial charge in [0.2, 0.25) is 0 Å². The summed E-state index contributed by atoms with van der Waals surface area (Å²) in [5.41, 5.74) is 2.66. The van der Waals surface area contributed by atoms with Gasteiger partial charge in [0.05, 0.1) is 13.2 Å². The zero-order valence-electron chi connectivity index (χ0n) is 18.0. The van der Waals surface area contributed by atoms with Crippen molar-refractivity contribution in [2.45, 2.75) is 13.1 Å². The van der Waals surface area contributed by atoms with Crippen molar-refractivity contribution in [1.82, 2.24) is 21.3 Å². The average Bonchev–Trinajstić information content (AvgIpc) is 2.79. The van der Waals surface area contributed by atoms with Gasteiger partial charge in [-0.1, -0.05) is 48.5 Å². The molecule has 3 aromatic carbocycles. The molecule has 170 valence electrons. The molecule has 7 heteroatoms. The van der Waals surface area contributed by atoms with Crippen LogP contribution in [0.3, 0.4) is 0 Å². The molecule has 3 aromatic rings. The predicted molar refractivity (Wildman–Crippen MR) is 132 cm³/mol. The van der Waals surface area contributed by atoms with Crippen LogP contribution in [0.1, 0.15) is 11.1 Å². The summed E-state index contributed by atoms with van der Waals surface area (Å²) in [4.78, 5) is 0. The number of fused-ring (bicyclic) bond motifs is 2. The Kier molecular flexibility index (Phi) is 11.8. The van der Waals surface area contributed by atoms with E-state index < -0.39 is 0 Å². The van der Waals surface area contributed by atoms with Crippen molar-refractivity contribution in [2.24, 2.45) is 0 Å². The second kappa shape index (κ2) is 14.3. The molecule has 0 aromatic heterocycles. The maximum Gasteiger partial charge on any atom is 0.0555 e. The van der Waals surface area contributed by atoms with Gasteiger partial charge < -0.3 is 31.5 Å². The zero-order chi connectivity index (χ0) is 21.0. The fraction of sp³-hybridized carbons (Fsp3) is 0.417. The molecule has 0 unspecified atom stereocenters. The summed E-state index contributed by atoms with van der Waals surface area (Å²) in [5, 5.41) is 36.4. The second-order valence-corrected chi connectivity index (χ2v) is 7.35. The van der Waals surface area contributed by atoms with Gasteiger partial charge in [0, 0.05) is 52.4 Å². The molecule has 0 saturated carbocycles. The highest BCUT2D eigenvalue weighted by atomic mass is 35.5. The lowest BCUT2D eigenvalue weighted by atomic mass is 9.91. The van der Waals surface area contributed by atoms with Crippen molar-refractivity contribution < 1.29 is 10.2 Å². The second-order valence-electron chi connectivity index (χ2n) is 7.35. The molecule has 0 aliphatic carbocycles. The molecule has 0 bridgehead atoms. The first-order valence-corrected chi connectivity index (χ1v) is 10.8. The van der Waals surface area contributed by atoms with Crippen molar-refractivity contribution in [3.63, 3.8) is 0 Å². The lowest BCUT2D eigenvalue weighted by Crippen LogP contribution is -2.29. The lowest BCUT2D eigenvalue weighted by molar-refractivity contribution is 0.292. The van der Waals surface area contributed by atoms with Crippen molar-refractivity contribution in [3.05, 3.63) is 59.7 Å². The highest BCUT2D eigenvalue weighted by molar-refractivity contribution is 6.05. The van der Waals surface area contributed by atoms with E-state index in [1.807, 2.05) is 0 Å². The summed E-state index contributed by atoms with van der Waals surface area (Å²) in [6, 6.07) is 17.3. The summed E-state index contributed by atoms with van der Waals surface area (Å²) in [6.07, 6.45) is 0. The van der Waals surface area contributed by atoms with Crippen LogP contribution >= 0.6 is 12.4 Å². The quantitative estimate of drug-likeness (QED) is 0.167. The highest BCUT2D eigenvalue weighted by Gasteiger charge is 2.13. The molecule has 0 aliphatic heterocycles. The Balaban J connectivity index is 0.00000341. The number of hydrogen-bond donors (Lipinski definition) is 6. The Bertz CT molecular complexity index is 792. The monoisotopic (exact) mass is 446 g/mol. The molecule has 0 fully saturated rings. The summed E-state index contributed by atoms with van der Waals surface area (Å²) in [7, 11) is 0. The van der Waals surface area contributed by atoms with E-state index in [-0.39, 0.29) is 25.6 Å². The Morgan fingerprint density at radius 3 is 1.13 bits per heavy atom. The van der Waals surface area contributed by atoms with Gasteiger partial charge in [-0.3, -0.25) is 0 Å². The molecule has 0 amide bonds. The summed E-state index contributed by atoms with van der Waals surface area (Å²) in [5.74, 6) is 0. The molecule has 0 aliphatic rings. The van der Waals surface area contributed by atoms with Gasteiger partial charge in [0.1, 0.15) is 0 Å². The van der Waals surface area contributed by atoms with Crippen LogP contribution in [0, 0.1) is 0 Å². The lowest BCUT2D eigenvalue weighted by Gasteiger charge is -2.18. The fourth-order valence-electron chi connectivity index (χ4n) is 3.88. The summed E-state index contributed by atoms with van der Waals surface area (Å²) >= 11 is 0. The molecule has 6 N–H and O–H groups in total. The normalized spacial score (nSPS) is 11.2. The van der Waals surface area contributed by atoms with Crippen LogP contribution in [-0.2, 0) is 13.1 Å². The van der Waals surface area contributed by atoms with E-state index in [1.165, 1.54) is 32.7 Å². The molecule has 0 saturated heterocycles. The SMILES string of the molecule is Cl.OCCNCCNCc1c2ccccc2c(CNCCNCCO)c2ccccc12. The van der Waals surface area contributed by atoms with E-state index >= 15 is 0 Å². The van der Waals surface area contributed by atoms with E-state index in [0.29, 0.717) is 13.1 Å². The molecular formula is C24H35ClN4O2. The third kappa shape index (κ3) is 7.12. The van der Waals surface area contributed by atoms with Crippen molar-refractivity contribution in [1.29, 1.82) is 0 Å². The Morgan fingerprint density at radius 1 is 0.484 bits per heavy atom. The van der Waals surface area contributed by atoms with E-state index in [0.717, 1.165) is 39.3 Å². The van der Waals surface area contributed by atoms with Crippen molar-refractivity contribution >= 4 is 34.0 Å². The maximum absolute atomic E-state index is 8.88. The van der Waals surface area contributed by atoms with Crippen LogP contribution in [-0.4, -0.2) is 62.7 Å². The molecule has 3 rings (SSSR count). The highest BCUT2D eigenvalue weighted by Crippen LogP contribution is 2.32. The van der Waals surface area contributed by atoms with Crippen molar-refractivity contribution in [3.8, 4) is 0 Å². The third-order valence-electron chi connectivity index (χ3n) is 5.29. The van der Waals surface area contributed by atoms with Crippen LogP contribution in [0.25, 0.3) is 21.5 Å². The van der Waals surface area contributed by atoms with E-state index in [1.54, 1.807) is 0 Å². The van der Waals surface area contributed by atoms with Crippen LogP contribution in [0.15, 0.2) is 48.5 Å². The average molecular weight is 447 g/mol. The third-order valence-corrected chi connectivity index (χ3v) is 5.29. The molecular weight excluding hydrogens is 412 g/mol. The molecule has 0 heterocycles. The standard InChI is InChI=1S/C24H34N4O2.ClH/c29-15-13-25-9-11-27-17-23-19-5-1-2-6-20(19)24(18-28-12-10-26-14-16-30)22-8-4-3-7-21(22)23;/h1-8,25-30H,9-18H2;1H. The van der Waals surface area contributed by atoms with Gasteiger partial charge in [-0.05, 0) is 32.7 Å². The van der Waals surface area contributed by atoms with E-state index in [9.17, 15) is 0 Å². The Morgan fingerprint density at radius 2 is 0.806 bits per heavy atom. The number of rotatable bonds is 14. The van der Waals surface area contributed by atoms with E-state index in [2.05, 4.69) is 69.8 Å². The minimum Gasteiger partial charge on any atom is -0.395 e. The molecule has 0 radical (unpaired) electrons. The van der Waals surface area contributed by atoms with Crippen LogP contribution < -0.4 is 21.3 Å². The number of aliphatic hydroxyl groups is 2. The predicted octanol–water partition coefficient (Wildman–Crippen LogP) is 1.76. The van der Waals surface area contributed by atoms with Gasteiger partial charge in [-0.25, -0.2) is 0 Å². The van der Waals surface area contributed by atoms with Gasteiger partial charge in [-0.2, -0.15) is 0 Å². The molecule has 0 atom stereocenters. The number of hydrogen-bond acceptors (Lipinski definition) is 6. The molecule has 6 nitrogen and oxygen atoms in total. The Labute approximate surface area is 190 Å². The summed E-state index contributed by atoms with van der Waals surface area (Å²) in [6.45, 7) is 6.59. The van der Waals surface area contributed by atoms with Gasteiger partial charge in [-0.15, -0.1) is 12.4 Å². The first-order chi connectivity index (χ1) is 14.9.